The molecule has 0 saturated heterocycles. The molecule has 1 atom stereocenters. The monoisotopic (exact) mass is 263 g/mol. The predicted molar refractivity (Wildman–Crippen MR) is 61.3 cm³/mol. The van der Waals surface area contributed by atoms with Crippen LogP contribution in [0.25, 0.3) is 0 Å². The van der Waals surface area contributed by atoms with E-state index in [4.69, 9.17) is 5.11 Å². The van der Waals surface area contributed by atoms with Crippen molar-refractivity contribution in [3.63, 3.8) is 0 Å². The molecular weight excluding hydrogens is 246 g/mol. The Labute approximate surface area is 100 Å². The average Bonchev–Trinajstić information content (AvgIpc) is 2.68. The molecular formula is C10H17NO5S. The van der Waals surface area contributed by atoms with Crippen molar-refractivity contribution in [3.8, 4) is 0 Å². The molecule has 1 saturated carbocycles. The van der Waals surface area contributed by atoms with Crippen LogP contribution in [0.4, 0.5) is 0 Å². The first kappa shape index (κ1) is 14.0. The molecule has 0 aromatic carbocycles. The van der Waals surface area contributed by atoms with Gasteiger partial charge in [0.2, 0.25) is 5.91 Å². The number of carbonyl (C=O) groups is 2. The van der Waals surface area contributed by atoms with Crippen LogP contribution in [0.2, 0.25) is 0 Å². The summed E-state index contributed by atoms with van der Waals surface area (Å²) in [5, 5.41) is 10.5. The highest BCUT2D eigenvalue weighted by molar-refractivity contribution is 7.92. The molecule has 1 aliphatic rings. The van der Waals surface area contributed by atoms with Gasteiger partial charge in [-0.05, 0) is 12.8 Å². The molecule has 1 amide bonds. The van der Waals surface area contributed by atoms with E-state index in [2.05, 4.69) is 5.32 Å². The molecule has 6 nitrogen and oxygen atoms in total. The van der Waals surface area contributed by atoms with Gasteiger partial charge in [-0.25, -0.2) is 13.2 Å². The van der Waals surface area contributed by atoms with Crippen molar-refractivity contribution in [2.75, 3.05) is 5.75 Å². The summed E-state index contributed by atoms with van der Waals surface area (Å²) in [4.78, 5) is 21.6. The first-order valence-corrected chi connectivity index (χ1v) is 7.26. The van der Waals surface area contributed by atoms with E-state index in [9.17, 15) is 18.0 Å². The molecule has 1 aliphatic carbocycles. The van der Waals surface area contributed by atoms with Crippen molar-refractivity contribution >= 4 is 21.7 Å². The van der Waals surface area contributed by atoms with Gasteiger partial charge in [0.25, 0.3) is 0 Å². The Morgan fingerprint density at radius 3 is 2.29 bits per heavy atom. The van der Waals surface area contributed by atoms with Crippen molar-refractivity contribution in [1.29, 1.82) is 0 Å². The minimum absolute atomic E-state index is 0.446. The first-order chi connectivity index (χ1) is 7.83. The van der Waals surface area contributed by atoms with E-state index in [0.29, 0.717) is 12.8 Å². The summed E-state index contributed by atoms with van der Waals surface area (Å²) < 4.78 is 23.8. The van der Waals surface area contributed by atoms with Crippen molar-refractivity contribution in [2.45, 2.75) is 43.9 Å². The number of nitrogens with one attached hydrogen (secondary N) is 1. The fourth-order valence-corrected chi connectivity index (χ4v) is 4.05. The third kappa shape index (κ3) is 3.99. The lowest BCUT2D eigenvalue weighted by Gasteiger charge is -2.16. The van der Waals surface area contributed by atoms with Crippen LogP contribution in [0.3, 0.4) is 0 Å². The first-order valence-electron chi connectivity index (χ1n) is 5.54. The van der Waals surface area contributed by atoms with Crippen molar-refractivity contribution < 1.29 is 23.1 Å². The van der Waals surface area contributed by atoms with Gasteiger partial charge in [-0.2, -0.15) is 0 Å². The van der Waals surface area contributed by atoms with Crippen LogP contribution >= 0.6 is 0 Å². The molecule has 0 bridgehead atoms. The molecule has 1 fully saturated rings. The highest BCUT2D eigenvalue weighted by Crippen LogP contribution is 2.25. The Hall–Kier alpha value is -1.11. The van der Waals surface area contributed by atoms with Crippen LogP contribution in [0.1, 0.15) is 32.6 Å². The Morgan fingerprint density at radius 1 is 1.35 bits per heavy atom. The third-order valence-electron chi connectivity index (χ3n) is 2.88. The van der Waals surface area contributed by atoms with Gasteiger partial charge in [0, 0.05) is 6.92 Å². The molecule has 0 spiro atoms. The van der Waals surface area contributed by atoms with Crippen LogP contribution in [-0.2, 0) is 19.4 Å². The molecule has 17 heavy (non-hydrogen) atoms. The Morgan fingerprint density at radius 2 is 1.88 bits per heavy atom. The van der Waals surface area contributed by atoms with E-state index >= 15 is 0 Å². The molecule has 0 heterocycles. The number of carbonyl (C=O) groups excluding carboxylic acids is 1. The molecule has 0 aliphatic heterocycles. The zero-order chi connectivity index (χ0) is 13.1. The van der Waals surface area contributed by atoms with Crippen LogP contribution in [0.15, 0.2) is 0 Å². The summed E-state index contributed by atoms with van der Waals surface area (Å²) in [5.74, 6) is -2.38. The van der Waals surface area contributed by atoms with E-state index < -0.39 is 38.8 Å². The molecule has 98 valence electrons. The Balaban J connectivity index is 2.71. The van der Waals surface area contributed by atoms with E-state index in [1.165, 1.54) is 0 Å². The fourth-order valence-electron chi connectivity index (χ4n) is 2.04. The number of sulfone groups is 1. The zero-order valence-electron chi connectivity index (χ0n) is 9.68. The van der Waals surface area contributed by atoms with Crippen molar-refractivity contribution in [1.82, 2.24) is 5.32 Å². The van der Waals surface area contributed by atoms with Crippen LogP contribution in [0, 0.1) is 0 Å². The van der Waals surface area contributed by atoms with Gasteiger partial charge in [-0.15, -0.1) is 0 Å². The fraction of sp³-hybridized carbons (Fsp3) is 0.800. The molecule has 7 heteroatoms. The van der Waals surface area contributed by atoms with Gasteiger partial charge in [0.1, 0.15) is 6.04 Å². The molecule has 0 unspecified atom stereocenters. The molecule has 1 rings (SSSR count). The zero-order valence-corrected chi connectivity index (χ0v) is 10.5. The van der Waals surface area contributed by atoms with Crippen molar-refractivity contribution in [3.05, 3.63) is 0 Å². The summed E-state index contributed by atoms with van der Waals surface area (Å²) in [6.45, 7) is 1.16. The van der Waals surface area contributed by atoms with Crippen molar-refractivity contribution in [2.24, 2.45) is 0 Å². The van der Waals surface area contributed by atoms with Gasteiger partial charge >= 0.3 is 5.97 Å². The van der Waals surface area contributed by atoms with Crippen LogP contribution in [0.5, 0.6) is 0 Å². The minimum atomic E-state index is -3.45. The Bertz CT molecular complexity index is 397. The van der Waals surface area contributed by atoms with E-state index in [-0.39, 0.29) is 0 Å². The van der Waals surface area contributed by atoms with Gasteiger partial charge in [0.05, 0.1) is 11.0 Å². The second kappa shape index (κ2) is 5.48. The minimum Gasteiger partial charge on any atom is -0.480 e. The number of hydrogen-bond donors (Lipinski definition) is 2. The number of rotatable bonds is 5. The van der Waals surface area contributed by atoms with Gasteiger partial charge in [-0.3, -0.25) is 4.79 Å². The normalized spacial score (nSPS) is 18.9. The second-order valence-corrected chi connectivity index (χ2v) is 6.65. The number of hydrogen-bond acceptors (Lipinski definition) is 4. The lowest BCUT2D eigenvalue weighted by Crippen LogP contribution is -2.45. The third-order valence-corrected chi connectivity index (χ3v) is 5.17. The summed E-state index contributed by atoms with van der Waals surface area (Å²) in [7, 11) is -3.45. The summed E-state index contributed by atoms with van der Waals surface area (Å²) in [5.41, 5.74) is 0. The largest absolute Gasteiger partial charge is 0.480 e. The van der Waals surface area contributed by atoms with E-state index in [0.717, 1.165) is 19.8 Å². The highest BCUT2D eigenvalue weighted by atomic mass is 32.2. The lowest BCUT2D eigenvalue weighted by molar-refractivity contribution is -0.140. The molecule has 0 aromatic heterocycles. The standard InChI is InChI=1S/C10H17NO5S/c1-7(12)11-9(10(13)14)6-17(15,16)8-4-2-3-5-8/h8-9H,2-6H2,1H3,(H,11,12)(H,13,14)/t9-/m0/s1. The maximum absolute atomic E-state index is 11.9. The smallest absolute Gasteiger partial charge is 0.327 e. The van der Waals surface area contributed by atoms with Gasteiger partial charge < -0.3 is 10.4 Å². The average molecular weight is 263 g/mol. The summed E-state index contributed by atoms with van der Waals surface area (Å²) in [6.07, 6.45) is 2.91. The number of carboxylic acid groups (broad SMARTS) is 1. The number of carboxylic acids is 1. The second-order valence-electron chi connectivity index (χ2n) is 4.33. The summed E-state index contributed by atoms with van der Waals surface area (Å²) in [6, 6.07) is -1.35. The number of amides is 1. The number of aliphatic carboxylic acids is 1. The summed E-state index contributed by atoms with van der Waals surface area (Å²) >= 11 is 0. The molecule has 0 aromatic rings. The van der Waals surface area contributed by atoms with Gasteiger partial charge in [0.15, 0.2) is 9.84 Å². The topological polar surface area (TPSA) is 101 Å². The highest BCUT2D eigenvalue weighted by Gasteiger charge is 2.33. The quantitative estimate of drug-likeness (QED) is 0.723. The van der Waals surface area contributed by atoms with Crippen LogP contribution < -0.4 is 5.32 Å². The maximum atomic E-state index is 11.9. The van der Waals surface area contributed by atoms with Crippen LogP contribution in [-0.4, -0.2) is 42.4 Å². The SMILES string of the molecule is CC(=O)N[C@@H](CS(=O)(=O)C1CCCC1)C(=O)O. The van der Waals surface area contributed by atoms with E-state index in [1.807, 2.05) is 0 Å². The predicted octanol–water partition coefficient (Wildman–Crippen LogP) is -0.0669. The van der Waals surface area contributed by atoms with E-state index in [1.54, 1.807) is 0 Å². The Kier molecular flexibility index (Phi) is 4.50. The van der Waals surface area contributed by atoms with Gasteiger partial charge in [-0.1, -0.05) is 12.8 Å². The maximum Gasteiger partial charge on any atom is 0.327 e. The molecule has 0 radical (unpaired) electrons. The lowest BCUT2D eigenvalue weighted by atomic mass is 10.3. The molecule has 2 N–H and O–H groups in total.